The van der Waals surface area contributed by atoms with Crippen LogP contribution in [0.3, 0.4) is 0 Å². The molecule has 2 fully saturated rings. The Morgan fingerprint density at radius 1 is 1.19 bits per heavy atom. The lowest BCUT2D eigenvalue weighted by atomic mass is 9.92. The molecule has 3 amide bonds. The number of fused-ring (bicyclic) bond motifs is 1. The minimum absolute atomic E-state index is 0.0421. The average molecular weight is 421 g/mol. The first-order chi connectivity index (χ1) is 15.0. The van der Waals surface area contributed by atoms with E-state index >= 15 is 0 Å². The maximum absolute atomic E-state index is 13.3. The van der Waals surface area contributed by atoms with Gasteiger partial charge in [-0.2, -0.15) is 0 Å². The van der Waals surface area contributed by atoms with Gasteiger partial charge in [-0.25, -0.2) is 4.79 Å². The summed E-state index contributed by atoms with van der Waals surface area (Å²) in [7, 11) is 0. The van der Waals surface area contributed by atoms with Gasteiger partial charge in [0.1, 0.15) is 6.04 Å². The molecule has 2 aromatic rings. The average Bonchev–Trinajstić information content (AvgIpc) is 2.80. The van der Waals surface area contributed by atoms with Crippen LogP contribution in [-0.4, -0.2) is 57.7 Å². The van der Waals surface area contributed by atoms with E-state index in [2.05, 4.69) is 24.1 Å². The van der Waals surface area contributed by atoms with Gasteiger partial charge in [-0.3, -0.25) is 19.5 Å². The Labute approximate surface area is 182 Å². The lowest BCUT2D eigenvalue weighted by Gasteiger charge is -2.46. The van der Waals surface area contributed by atoms with Crippen LogP contribution >= 0.6 is 0 Å². The molecule has 2 atom stereocenters. The standard InChI is InChI=1S/C24H28N4O3/c1-16(2)18-7-9-19(10-8-18)21(29)15-27-20-6-4-12-26-22(20)23(30)28(24(27)31)14-17-5-3-11-25-13-17/h3,5,7-11,13,16,20,22,26H,4,6,12,14-15H2,1-2H3. The number of pyridine rings is 1. The molecule has 2 unspecified atom stereocenters. The molecule has 1 aromatic carbocycles. The van der Waals surface area contributed by atoms with Crippen molar-refractivity contribution in [1.82, 2.24) is 20.1 Å². The fourth-order valence-electron chi connectivity index (χ4n) is 4.32. The number of nitrogens with one attached hydrogen (secondary N) is 1. The van der Waals surface area contributed by atoms with Crippen LogP contribution in [0.25, 0.3) is 0 Å². The number of aromatic nitrogens is 1. The summed E-state index contributed by atoms with van der Waals surface area (Å²) in [6.07, 6.45) is 4.86. The predicted molar refractivity (Wildman–Crippen MR) is 117 cm³/mol. The first kappa shape index (κ1) is 21.2. The minimum atomic E-state index is -0.487. The lowest BCUT2D eigenvalue weighted by Crippen LogP contribution is -2.69. The molecule has 2 saturated heterocycles. The maximum Gasteiger partial charge on any atom is 0.327 e. The van der Waals surface area contributed by atoms with Gasteiger partial charge < -0.3 is 10.2 Å². The zero-order chi connectivity index (χ0) is 22.0. The monoisotopic (exact) mass is 420 g/mol. The number of ketones is 1. The third-order valence-corrected chi connectivity index (χ3v) is 6.11. The fourth-order valence-corrected chi connectivity index (χ4v) is 4.32. The van der Waals surface area contributed by atoms with E-state index in [9.17, 15) is 14.4 Å². The van der Waals surface area contributed by atoms with Gasteiger partial charge in [-0.15, -0.1) is 0 Å². The van der Waals surface area contributed by atoms with Crippen molar-refractivity contribution >= 4 is 17.7 Å². The quantitative estimate of drug-likeness (QED) is 0.727. The van der Waals surface area contributed by atoms with Gasteiger partial charge in [-0.1, -0.05) is 44.2 Å². The van der Waals surface area contributed by atoms with Crippen molar-refractivity contribution in [1.29, 1.82) is 0 Å². The van der Waals surface area contributed by atoms with Gasteiger partial charge >= 0.3 is 6.03 Å². The highest BCUT2D eigenvalue weighted by molar-refractivity contribution is 6.04. The van der Waals surface area contributed by atoms with Crippen molar-refractivity contribution in [3.8, 4) is 0 Å². The Hall–Kier alpha value is -3.06. The van der Waals surface area contributed by atoms with E-state index in [0.29, 0.717) is 17.9 Å². The molecule has 4 rings (SSSR count). The molecule has 162 valence electrons. The summed E-state index contributed by atoms with van der Waals surface area (Å²) in [5.41, 5.74) is 2.51. The van der Waals surface area contributed by atoms with Crippen molar-refractivity contribution < 1.29 is 14.4 Å². The summed E-state index contributed by atoms with van der Waals surface area (Å²) in [6.45, 7) is 5.03. The van der Waals surface area contributed by atoms with Crippen LogP contribution in [0.4, 0.5) is 4.79 Å². The number of nitrogens with zero attached hydrogens (tertiary/aromatic N) is 3. The molecule has 2 aliphatic rings. The second-order valence-electron chi connectivity index (χ2n) is 8.54. The molecule has 3 heterocycles. The summed E-state index contributed by atoms with van der Waals surface area (Å²) in [5.74, 6) is 0.0288. The molecule has 0 saturated carbocycles. The maximum atomic E-state index is 13.3. The SMILES string of the molecule is CC(C)c1ccc(C(=O)CN2C(=O)N(Cc3cccnc3)C(=O)C3NCCCC32)cc1. The molecule has 7 heteroatoms. The highest BCUT2D eigenvalue weighted by Gasteiger charge is 2.47. The van der Waals surface area contributed by atoms with E-state index in [-0.39, 0.29) is 30.8 Å². The summed E-state index contributed by atoms with van der Waals surface area (Å²) >= 11 is 0. The van der Waals surface area contributed by atoms with Gasteiger partial charge in [-0.05, 0) is 42.5 Å². The second kappa shape index (κ2) is 8.98. The molecule has 31 heavy (non-hydrogen) atoms. The number of amides is 3. The molecular formula is C24H28N4O3. The lowest BCUT2D eigenvalue weighted by molar-refractivity contribution is -0.137. The molecule has 0 spiro atoms. The number of Topliss-reactive ketones (excluding diaryl/α,β-unsaturated/α-hetero) is 1. The van der Waals surface area contributed by atoms with Crippen molar-refractivity contribution in [2.24, 2.45) is 0 Å². The van der Waals surface area contributed by atoms with Crippen LogP contribution in [0.15, 0.2) is 48.8 Å². The molecule has 1 N–H and O–H groups in total. The van der Waals surface area contributed by atoms with Crippen molar-refractivity contribution in [3.63, 3.8) is 0 Å². The fraction of sp³-hybridized carbons (Fsp3) is 0.417. The van der Waals surface area contributed by atoms with Crippen molar-refractivity contribution in [2.45, 2.75) is 51.2 Å². The zero-order valence-electron chi connectivity index (χ0n) is 18.0. The largest absolute Gasteiger partial charge is 0.327 e. The minimum Gasteiger partial charge on any atom is -0.311 e. The number of benzene rings is 1. The molecule has 0 bridgehead atoms. The van der Waals surface area contributed by atoms with Gasteiger partial charge in [0.15, 0.2) is 5.78 Å². The number of hydrogen-bond donors (Lipinski definition) is 1. The predicted octanol–water partition coefficient (Wildman–Crippen LogP) is 2.97. The Kier molecular flexibility index (Phi) is 6.13. The summed E-state index contributed by atoms with van der Waals surface area (Å²) < 4.78 is 0. The number of carbonyl (C=O) groups is 3. The normalized spacial score (nSPS) is 21.4. The van der Waals surface area contributed by atoms with E-state index in [1.165, 1.54) is 4.90 Å². The molecular weight excluding hydrogens is 392 g/mol. The third kappa shape index (κ3) is 4.37. The number of piperidine rings is 1. The summed E-state index contributed by atoms with van der Waals surface area (Å²) in [6, 6.07) is 9.96. The number of hydrogen-bond acceptors (Lipinski definition) is 5. The first-order valence-corrected chi connectivity index (χ1v) is 10.8. The topological polar surface area (TPSA) is 82.6 Å². The van der Waals surface area contributed by atoms with Gasteiger partial charge in [0, 0.05) is 18.0 Å². The highest BCUT2D eigenvalue weighted by Crippen LogP contribution is 2.26. The molecule has 1 aromatic heterocycles. The molecule has 2 aliphatic heterocycles. The van der Waals surface area contributed by atoms with Crippen LogP contribution in [0, 0.1) is 0 Å². The van der Waals surface area contributed by atoms with Crippen LogP contribution in [0.5, 0.6) is 0 Å². The van der Waals surface area contributed by atoms with Gasteiger partial charge in [0.05, 0.1) is 19.1 Å². The Morgan fingerprint density at radius 3 is 2.65 bits per heavy atom. The van der Waals surface area contributed by atoms with Crippen LogP contribution in [0.2, 0.25) is 0 Å². The van der Waals surface area contributed by atoms with Crippen molar-refractivity contribution in [2.75, 3.05) is 13.1 Å². The van der Waals surface area contributed by atoms with E-state index in [4.69, 9.17) is 0 Å². The van der Waals surface area contributed by atoms with E-state index < -0.39 is 12.1 Å². The second-order valence-corrected chi connectivity index (χ2v) is 8.54. The smallest absolute Gasteiger partial charge is 0.311 e. The molecule has 0 aliphatic carbocycles. The number of carbonyl (C=O) groups excluding carboxylic acids is 3. The Bertz CT molecular complexity index is 959. The van der Waals surface area contributed by atoms with E-state index in [1.54, 1.807) is 23.4 Å². The van der Waals surface area contributed by atoms with Crippen molar-refractivity contribution in [3.05, 3.63) is 65.5 Å². The molecule has 0 radical (unpaired) electrons. The van der Waals surface area contributed by atoms with E-state index in [0.717, 1.165) is 24.1 Å². The molecule has 7 nitrogen and oxygen atoms in total. The summed E-state index contributed by atoms with van der Waals surface area (Å²) in [4.78, 5) is 46.4. The summed E-state index contributed by atoms with van der Waals surface area (Å²) in [5, 5.41) is 3.26. The van der Waals surface area contributed by atoms with Crippen LogP contribution < -0.4 is 5.32 Å². The number of rotatable bonds is 6. The number of urea groups is 1. The van der Waals surface area contributed by atoms with E-state index in [1.807, 2.05) is 30.3 Å². The Morgan fingerprint density at radius 2 is 1.97 bits per heavy atom. The van der Waals surface area contributed by atoms with Crippen LogP contribution in [-0.2, 0) is 11.3 Å². The van der Waals surface area contributed by atoms with Gasteiger partial charge in [0.25, 0.3) is 0 Å². The first-order valence-electron chi connectivity index (χ1n) is 10.8. The van der Waals surface area contributed by atoms with Gasteiger partial charge in [0.2, 0.25) is 5.91 Å². The third-order valence-electron chi connectivity index (χ3n) is 6.11. The Balaban J connectivity index is 1.57. The highest BCUT2D eigenvalue weighted by atomic mass is 16.2. The van der Waals surface area contributed by atoms with Crippen LogP contribution in [0.1, 0.15) is 54.1 Å². The zero-order valence-corrected chi connectivity index (χ0v) is 18.0. The number of imide groups is 1.